The highest BCUT2D eigenvalue weighted by atomic mass is 15.1. The molecule has 10 aromatic carbocycles. The molecule has 0 saturated heterocycles. The minimum absolute atomic E-state index is 1.11. The Kier molecular flexibility index (Phi) is 9.57. The van der Waals surface area contributed by atoms with Crippen LogP contribution in [-0.4, -0.2) is 9.13 Å². The van der Waals surface area contributed by atoms with Crippen molar-refractivity contribution in [2.45, 2.75) is 0 Å². The van der Waals surface area contributed by atoms with Crippen LogP contribution in [0.25, 0.3) is 77.0 Å². The number of hydrogen-bond donors (Lipinski definition) is 0. The largest absolute Gasteiger partial charge is 0.344 e. The lowest BCUT2D eigenvalue weighted by molar-refractivity contribution is 1.01. The van der Waals surface area contributed by atoms with Gasteiger partial charge in [-0.05, 0) is 130 Å². The van der Waals surface area contributed by atoms with Gasteiger partial charge in [-0.1, -0.05) is 146 Å². The third-order valence-corrected chi connectivity index (χ3v) is 13.3. The average Bonchev–Trinajstić information content (AvgIpc) is 3.83. The molecule has 0 aliphatic rings. The highest BCUT2D eigenvalue weighted by Gasteiger charge is 2.19. The smallest absolute Gasteiger partial charge is 0.0509 e. The third-order valence-electron chi connectivity index (χ3n) is 13.3. The Hall–Kier alpha value is -8.60. The first-order valence-corrected chi connectivity index (χ1v) is 22.6. The fraction of sp³-hybridized carbons (Fsp3) is 0.0323. The van der Waals surface area contributed by atoms with Gasteiger partial charge in [-0.3, -0.25) is 0 Å². The fourth-order valence-corrected chi connectivity index (χ4v) is 9.95. The van der Waals surface area contributed by atoms with Gasteiger partial charge in [-0.25, -0.2) is 0 Å². The molecule has 2 heterocycles. The number of fused-ring (bicyclic) bond motifs is 6. The number of anilines is 6. The normalized spacial score (nSPS) is 11.5. The maximum absolute atomic E-state index is 2.37. The van der Waals surface area contributed by atoms with Gasteiger partial charge in [0.05, 0.1) is 11.0 Å². The van der Waals surface area contributed by atoms with Crippen molar-refractivity contribution in [3.05, 3.63) is 243 Å². The number of rotatable bonds is 9. The van der Waals surface area contributed by atoms with Crippen LogP contribution in [0.1, 0.15) is 0 Å². The molecule has 0 radical (unpaired) electrons. The molecule has 0 aliphatic heterocycles. The minimum Gasteiger partial charge on any atom is -0.344 e. The van der Waals surface area contributed by atoms with Gasteiger partial charge in [0.1, 0.15) is 0 Å². The Bertz CT molecular complexity index is 3440. The fourth-order valence-electron chi connectivity index (χ4n) is 9.95. The second-order valence-electron chi connectivity index (χ2n) is 17.2. The summed E-state index contributed by atoms with van der Waals surface area (Å²) >= 11 is 0. The molecule has 0 aliphatic carbocycles. The molecule has 0 bridgehead atoms. The van der Waals surface area contributed by atoms with Gasteiger partial charge in [0.15, 0.2) is 0 Å². The average molecular weight is 847 g/mol. The third kappa shape index (κ3) is 6.79. The lowest BCUT2D eigenvalue weighted by Crippen LogP contribution is -2.09. The number of hydrogen-bond acceptors (Lipinski definition) is 2. The molecule has 66 heavy (non-hydrogen) atoms. The van der Waals surface area contributed by atoms with Crippen molar-refractivity contribution in [3.8, 4) is 33.4 Å². The molecule has 4 nitrogen and oxygen atoms in total. The predicted molar refractivity (Wildman–Crippen MR) is 280 cm³/mol. The summed E-state index contributed by atoms with van der Waals surface area (Å²) in [5.74, 6) is 0. The first-order valence-electron chi connectivity index (χ1n) is 22.6. The van der Waals surface area contributed by atoms with Crippen molar-refractivity contribution in [1.29, 1.82) is 0 Å². The Labute approximate surface area is 385 Å². The Morgan fingerprint density at radius 2 is 0.530 bits per heavy atom. The predicted octanol–water partition coefficient (Wildman–Crippen LogP) is 16.9. The molecule has 2 aromatic heterocycles. The molecule has 4 heteroatoms. The number of benzene rings is 10. The molecule has 0 unspecified atom stereocenters. The lowest BCUT2D eigenvalue weighted by Gasteiger charge is -2.26. The highest BCUT2D eigenvalue weighted by Crippen LogP contribution is 2.42. The van der Waals surface area contributed by atoms with E-state index in [2.05, 4.69) is 276 Å². The maximum atomic E-state index is 2.37. The van der Waals surface area contributed by atoms with Crippen molar-refractivity contribution in [1.82, 2.24) is 9.13 Å². The highest BCUT2D eigenvalue weighted by molar-refractivity contribution is 6.12. The first-order chi connectivity index (χ1) is 32.6. The second kappa shape index (κ2) is 16.2. The minimum atomic E-state index is 1.11. The number of aryl methyl sites for hydroxylation is 2. The van der Waals surface area contributed by atoms with E-state index in [1.165, 1.54) is 77.0 Å². The molecule has 0 spiro atoms. The first kappa shape index (κ1) is 39.0. The van der Waals surface area contributed by atoms with E-state index in [9.17, 15) is 0 Å². The summed E-state index contributed by atoms with van der Waals surface area (Å²) in [4.78, 5) is 4.70. The molecule has 0 N–H and O–H groups in total. The molecular weight excluding hydrogens is 801 g/mol. The zero-order chi connectivity index (χ0) is 44.1. The van der Waals surface area contributed by atoms with Crippen molar-refractivity contribution >= 4 is 77.7 Å². The van der Waals surface area contributed by atoms with Crippen LogP contribution in [0.15, 0.2) is 243 Å². The summed E-state index contributed by atoms with van der Waals surface area (Å²) in [5.41, 5.74) is 18.7. The molecular formula is C62H46N4. The van der Waals surface area contributed by atoms with E-state index in [-0.39, 0.29) is 0 Å². The topological polar surface area (TPSA) is 16.3 Å². The molecule has 0 fully saturated rings. The summed E-state index contributed by atoms with van der Waals surface area (Å²) < 4.78 is 4.67. The van der Waals surface area contributed by atoms with Gasteiger partial charge >= 0.3 is 0 Å². The van der Waals surface area contributed by atoms with E-state index < -0.39 is 0 Å². The van der Waals surface area contributed by atoms with E-state index in [1.807, 2.05) is 0 Å². The molecule has 12 rings (SSSR count). The van der Waals surface area contributed by atoms with Crippen molar-refractivity contribution < 1.29 is 0 Å². The van der Waals surface area contributed by atoms with Crippen LogP contribution in [0.5, 0.6) is 0 Å². The Balaban J connectivity index is 0.902. The van der Waals surface area contributed by atoms with Crippen LogP contribution in [-0.2, 0) is 14.1 Å². The van der Waals surface area contributed by atoms with Crippen molar-refractivity contribution in [3.63, 3.8) is 0 Å². The van der Waals surface area contributed by atoms with Crippen LogP contribution in [0.4, 0.5) is 34.1 Å². The molecule has 0 amide bonds. The van der Waals surface area contributed by atoms with E-state index in [0.29, 0.717) is 0 Å². The van der Waals surface area contributed by atoms with Crippen LogP contribution in [0.3, 0.4) is 0 Å². The van der Waals surface area contributed by atoms with E-state index >= 15 is 0 Å². The van der Waals surface area contributed by atoms with Crippen LogP contribution in [0.2, 0.25) is 0 Å². The summed E-state index contributed by atoms with van der Waals surface area (Å²) in [7, 11) is 4.37. The van der Waals surface area contributed by atoms with E-state index in [1.54, 1.807) is 0 Å². The van der Waals surface area contributed by atoms with Gasteiger partial charge in [0.2, 0.25) is 0 Å². The van der Waals surface area contributed by atoms with Crippen molar-refractivity contribution in [2.24, 2.45) is 14.1 Å². The number of para-hydroxylation sites is 2. The zero-order valence-corrected chi connectivity index (χ0v) is 36.9. The second-order valence-corrected chi connectivity index (χ2v) is 17.2. The summed E-state index contributed by atoms with van der Waals surface area (Å²) in [6, 6.07) is 87.9. The molecule has 0 atom stereocenters. The Morgan fingerprint density at radius 3 is 0.909 bits per heavy atom. The van der Waals surface area contributed by atoms with Gasteiger partial charge < -0.3 is 18.9 Å². The van der Waals surface area contributed by atoms with Gasteiger partial charge in [0, 0.05) is 80.8 Å². The quantitative estimate of drug-likeness (QED) is 0.144. The van der Waals surface area contributed by atoms with E-state index in [0.717, 1.165) is 34.1 Å². The SMILES string of the molecule is Cn1c2ccc(-c3ccc4c(c3)c3ccc(N(c5ccccc5)c5ccc(-c6ccccc6)cc5)cc3n4C)cc2c2ccc(N(c3ccccc3)c3ccc(-c4ccccc4)cc3)cc21. The molecule has 12 aromatic rings. The van der Waals surface area contributed by atoms with Crippen LogP contribution < -0.4 is 9.80 Å². The summed E-state index contributed by atoms with van der Waals surface area (Å²) in [6.07, 6.45) is 0. The zero-order valence-electron chi connectivity index (χ0n) is 36.9. The summed E-state index contributed by atoms with van der Waals surface area (Å²) in [5, 5.41) is 4.97. The maximum Gasteiger partial charge on any atom is 0.0509 e. The standard InChI is InChI=1S/C62H46N4/c1-63-59-37-27-47(39-57(59)55-35-33-53(41-61(55)63)65(49-19-11-5-12-20-49)51-29-23-45(24-30-51)43-15-7-3-8-16-43)48-28-38-60-58(40-48)56-36-34-54(42-62(56)64(60)2)66(50-21-13-6-14-22-50)52-31-25-46(26-32-52)44-17-9-4-10-18-44/h3-42H,1-2H3. The monoisotopic (exact) mass is 846 g/mol. The molecule has 0 saturated carbocycles. The van der Waals surface area contributed by atoms with Crippen molar-refractivity contribution in [2.75, 3.05) is 9.80 Å². The number of aromatic nitrogens is 2. The van der Waals surface area contributed by atoms with Gasteiger partial charge in [-0.2, -0.15) is 0 Å². The van der Waals surface area contributed by atoms with E-state index in [4.69, 9.17) is 0 Å². The lowest BCUT2D eigenvalue weighted by atomic mass is 10.0. The number of nitrogens with zero attached hydrogens (tertiary/aromatic N) is 4. The summed E-state index contributed by atoms with van der Waals surface area (Å²) in [6.45, 7) is 0. The van der Waals surface area contributed by atoms with Gasteiger partial charge in [-0.15, -0.1) is 0 Å². The van der Waals surface area contributed by atoms with Crippen LogP contribution >= 0.6 is 0 Å². The molecule has 314 valence electrons. The Morgan fingerprint density at radius 1 is 0.227 bits per heavy atom. The van der Waals surface area contributed by atoms with Gasteiger partial charge in [0.25, 0.3) is 0 Å². The van der Waals surface area contributed by atoms with Crippen LogP contribution in [0, 0.1) is 0 Å².